The summed E-state index contributed by atoms with van der Waals surface area (Å²) >= 11 is 0. The van der Waals surface area contributed by atoms with Gasteiger partial charge in [-0.15, -0.1) is 29.7 Å². The molecule has 0 aromatic heterocycles. The van der Waals surface area contributed by atoms with Crippen LogP contribution in [0.2, 0.25) is 0 Å². The van der Waals surface area contributed by atoms with Crippen molar-refractivity contribution >= 4 is 10.8 Å². The van der Waals surface area contributed by atoms with E-state index in [4.69, 9.17) is 0 Å². The molecule has 0 saturated carbocycles. The molecule has 0 saturated heterocycles. The summed E-state index contributed by atoms with van der Waals surface area (Å²) in [6.45, 7) is 8.68. The molecule has 0 nitrogen and oxygen atoms in total. The minimum atomic E-state index is 0. The first-order valence-electron chi connectivity index (χ1n) is 6.40. The predicted octanol–water partition coefficient (Wildman–Crippen LogP) is -0.797. The van der Waals surface area contributed by atoms with Crippen LogP contribution >= 0.6 is 0 Å². The van der Waals surface area contributed by atoms with E-state index in [9.17, 15) is 0 Å². The Bertz CT molecular complexity index is 598. The molecule has 0 heterocycles. The summed E-state index contributed by atoms with van der Waals surface area (Å²) in [4.78, 5) is 0. The second kappa shape index (κ2) is 9.79. The van der Waals surface area contributed by atoms with Crippen LogP contribution in [0.3, 0.4) is 0 Å². The zero-order chi connectivity index (χ0) is 13.1. The van der Waals surface area contributed by atoms with Crippen molar-refractivity contribution in [3.8, 4) is 0 Å². The summed E-state index contributed by atoms with van der Waals surface area (Å²) in [6, 6.07) is 16.9. The van der Waals surface area contributed by atoms with Crippen molar-refractivity contribution in [1.29, 1.82) is 0 Å². The number of benzene rings is 1. The Morgan fingerprint density at radius 2 is 1.57 bits per heavy atom. The van der Waals surface area contributed by atoms with E-state index in [0.717, 1.165) is 0 Å². The molecule has 0 amide bonds. The molecule has 0 aliphatic carbocycles. The SMILES string of the molecule is Cc1c[c-](C)c(C)c1C.[F-].[F-].[Zr+4].c1ccc2[cH-]ccc2c1. The first kappa shape index (κ1) is 22.2. The van der Waals surface area contributed by atoms with Crippen LogP contribution in [0.15, 0.2) is 48.5 Å². The summed E-state index contributed by atoms with van der Waals surface area (Å²) in [6.07, 6.45) is 0. The van der Waals surface area contributed by atoms with E-state index in [-0.39, 0.29) is 35.6 Å². The van der Waals surface area contributed by atoms with Gasteiger partial charge >= 0.3 is 26.2 Å². The fraction of sp³-hybridized carbons (Fsp3) is 0.222. The van der Waals surface area contributed by atoms with E-state index in [0.29, 0.717) is 0 Å². The van der Waals surface area contributed by atoms with Gasteiger partial charge in [-0.05, 0) is 0 Å². The Kier molecular flexibility index (Phi) is 10.3. The molecule has 3 rings (SSSR count). The summed E-state index contributed by atoms with van der Waals surface area (Å²) in [5.41, 5.74) is 5.75. The molecule has 0 aliphatic rings. The summed E-state index contributed by atoms with van der Waals surface area (Å²) in [5.74, 6) is 0. The van der Waals surface area contributed by atoms with E-state index >= 15 is 0 Å². The molecule has 21 heavy (non-hydrogen) atoms. The van der Waals surface area contributed by atoms with Gasteiger partial charge < -0.3 is 9.41 Å². The van der Waals surface area contributed by atoms with E-state index in [1.54, 1.807) is 0 Å². The van der Waals surface area contributed by atoms with Crippen LogP contribution < -0.4 is 9.41 Å². The fourth-order valence-electron chi connectivity index (χ4n) is 2.20. The molecular formula is C18H20F2Zr. The van der Waals surface area contributed by atoms with E-state index in [1.807, 2.05) is 0 Å². The van der Waals surface area contributed by atoms with Gasteiger partial charge in [0.25, 0.3) is 0 Å². The van der Waals surface area contributed by atoms with Gasteiger partial charge in [-0.1, -0.05) is 33.8 Å². The van der Waals surface area contributed by atoms with Crippen LogP contribution in [-0.2, 0) is 26.2 Å². The number of rotatable bonds is 0. The van der Waals surface area contributed by atoms with E-state index < -0.39 is 0 Å². The third-order valence-corrected chi connectivity index (χ3v) is 3.73. The van der Waals surface area contributed by atoms with Gasteiger partial charge in [0.1, 0.15) is 0 Å². The Morgan fingerprint density at radius 3 is 2.00 bits per heavy atom. The Hall–Kier alpha value is -1.08. The van der Waals surface area contributed by atoms with Crippen molar-refractivity contribution in [2.24, 2.45) is 0 Å². The summed E-state index contributed by atoms with van der Waals surface area (Å²) < 4.78 is 0. The standard InChI is InChI=1S/C9H7.C9H13.2FH.Zr/c1-2-5-9-7-3-6-8(9)4-1;1-6-5-7(2)9(4)8(6)3;;;/h1-7H;5H,1-4H3;2*1H;/q2*-1;;;+4/p-2. The minimum absolute atomic E-state index is 0. The van der Waals surface area contributed by atoms with Gasteiger partial charge in [-0.2, -0.15) is 45.8 Å². The van der Waals surface area contributed by atoms with Crippen molar-refractivity contribution in [2.45, 2.75) is 27.7 Å². The molecule has 3 heteroatoms. The third kappa shape index (κ3) is 5.32. The average Bonchev–Trinajstić information content (AvgIpc) is 2.92. The second-order valence-corrected chi connectivity index (χ2v) is 4.92. The quantitative estimate of drug-likeness (QED) is 0.458. The Balaban J connectivity index is 0. The van der Waals surface area contributed by atoms with Crippen LogP contribution in [0.5, 0.6) is 0 Å². The van der Waals surface area contributed by atoms with Crippen molar-refractivity contribution in [2.75, 3.05) is 0 Å². The molecule has 0 atom stereocenters. The van der Waals surface area contributed by atoms with Crippen LogP contribution in [-0.4, -0.2) is 0 Å². The van der Waals surface area contributed by atoms with Gasteiger partial charge in [-0.3, -0.25) is 0 Å². The molecule has 110 valence electrons. The van der Waals surface area contributed by atoms with E-state index in [1.165, 1.54) is 33.0 Å². The summed E-state index contributed by atoms with van der Waals surface area (Å²) in [7, 11) is 0. The Morgan fingerprint density at radius 1 is 0.952 bits per heavy atom. The maximum atomic E-state index is 2.24. The summed E-state index contributed by atoms with van der Waals surface area (Å²) in [5, 5.41) is 2.66. The van der Waals surface area contributed by atoms with Gasteiger partial charge in [0, 0.05) is 0 Å². The smallest absolute Gasteiger partial charge is 1.00 e. The first-order chi connectivity index (χ1) is 8.59. The number of hydrogen-bond donors (Lipinski definition) is 0. The van der Waals surface area contributed by atoms with Gasteiger partial charge in [-0.25, -0.2) is 0 Å². The molecule has 3 aromatic rings. The molecular weight excluding hydrogens is 345 g/mol. The molecule has 0 radical (unpaired) electrons. The maximum absolute atomic E-state index is 2.24. The topological polar surface area (TPSA) is 0 Å². The molecule has 0 bridgehead atoms. The van der Waals surface area contributed by atoms with Crippen LogP contribution in [0, 0.1) is 27.7 Å². The molecule has 0 unspecified atom stereocenters. The average molecular weight is 366 g/mol. The normalized spacial score (nSPS) is 8.76. The Labute approximate surface area is 144 Å². The van der Waals surface area contributed by atoms with Crippen LogP contribution in [0.25, 0.3) is 10.8 Å². The number of aryl methyl sites for hydroxylation is 2. The first-order valence-corrected chi connectivity index (χ1v) is 6.40. The minimum Gasteiger partial charge on any atom is -1.00 e. The monoisotopic (exact) mass is 364 g/mol. The van der Waals surface area contributed by atoms with Gasteiger partial charge in [0.15, 0.2) is 0 Å². The third-order valence-electron chi connectivity index (χ3n) is 3.73. The molecule has 0 fully saturated rings. The van der Waals surface area contributed by atoms with Crippen LogP contribution in [0.4, 0.5) is 0 Å². The van der Waals surface area contributed by atoms with Crippen LogP contribution in [0.1, 0.15) is 22.3 Å². The van der Waals surface area contributed by atoms with Crippen molar-refractivity contribution in [3.05, 3.63) is 70.8 Å². The molecule has 3 aromatic carbocycles. The van der Waals surface area contributed by atoms with Gasteiger partial charge in [0.2, 0.25) is 0 Å². The predicted molar refractivity (Wildman–Crippen MR) is 80.5 cm³/mol. The largest absolute Gasteiger partial charge is 4.00 e. The molecule has 0 spiro atoms. The fourth-order valence-corrected chi connectivity index (χ4v) is 2.20. The van der Waals surface area contributed by atoms with Crippen molar-refractivity contribution in [1.82, 2.24) is 0 Å². The zero-order valence-electron chi connectivity index (χ0n) is 12.9. The number of halogens is 2. The zero-order valence-corrected chi connectivity index (χ0v) is 15.3. The number of fused-ring (bicyclic) bond motifs is 1. The molecule has 0 N–H and O–H groups in total. The van der Waals surface area contributed by atoms with Crippen molar-refractivity contribution in [3.63, 3.8) is 0 Å². The molecule has 0 aliphatic heterocycles. The maximum Gasteiger partial charge on any atom is 4.00 e. The second-order valence-electron chi connectivity index (χ2n) is 4.92. The van der Waals surface area contributed by atoms with Gasteiger partial charge in [0.05, 0.1) is 0 Å². The number of hydrogen-bond acceptors (Lipinski definition) is 0. The van der Waals surface area contributed by atoms with E-state index in [2.05, 4.69) is 76.2 Å². The van der Waals surface area contributed by atoms with Crippen molar-refractivity contribution < 1.29 is 35.6 Å².